The Bertz CT molecular complexity index is 1040. The number of esters is 1. The molecule has 0 bridgehead atoms. The van der Waals surface area contributed by atoms with Gasteiger partial charge in [-0.25, -0.2) is 9.37 Å². The number of nitriles is 1. The lowest BCUT2D eigenvalue weighted by Crippen LogP contribution is -2.07. The third kappa shape index (κ3) is 3.57. The summed E-state index contributed by atoms with van der Waals surface area (Å²) >= 11 is 0. The maximum Gasteiger partial charge on any atom is 0.312 e. The molecule has 7 nitrogen and oxygen atoms in total. The largest absolute Gasteiger partial charge is 0.466 e. The van der Waals surface area contributed by atoms with Crippen LogP contribution in [0.3, 0.4) is 0 Å². The zero-order valence-electron chi connectivity index (χ0n) is 13.9. The van der Waals surface area contributed by atoms with Gasteiger partial charge < -0.3 is 4.74 Å². The highest BCUT2D eigenvalue weighted by molar-refractivity contribution is 5.74. The van der Waals surface area contributed by atoms with Gasteiger partial charge in [-0.3, -0.25) is 9.20 Å². The first-order valence-electron chi connectivity index (χ1n) is 7.85. The number of aromatic nitrogens is 2. The number of ether oxygens (including phenoxy) is 1. The molecule has 0 N–H and O–H groups in total. The third-order valence-electron chi connectivity index (χ3n) is 3.52. The second-order valence-electron chi connectivity index (χ2n) is 5.27. The summed E-state index contributed by atoms with van der Waals surface area (Å²) in [5, 5.41) is 17.3. The summed E-state index contributed by atoms with van der Waals surface area (Å²) in [5.74, 6) is -0.739. The molecule has 0 unspecified atom stereocenters. The van der Waals surface area contributed by atoms with Crippen LogP contribution in [-0.4, -0.2) is 22.0 Å². The number of imidazole rings is 1. The van der Waals surface area contributed by atoms with Crippen LogP contribution < -0.4 is 0 Å². The molecule has 130 valence electrons. The van der Waals surface area contributed by atoms with Crippen LogP contribution in [0.1, 0.15) is 18.2 Å². The van der Waals surface area contributed by atoms with E-state index < -0.39 is 11.8 Å². The fraction of sp³-hybridized carbons (Fsp3) is 0.167. The maximum absolute atomic E-state index is 13.6. The molecule has 3 rings (SSSR count). The molecule has 0 fully saturated rings. The molecule has 26 heavy (non-hydrogen) atoms. The van der Waals surface area contributed by atoms with Crippen molar-refractivity contribution in [1.29, 1.82) is 5.26 Å². The van der Waals surface area contributed by atoms with Gasteiger partial charge in [0, 0.05) is 6.20 Å². The number of rotatable bonds is 5. The number of halogens is 1. The summed E-state index contributed by atoms with van der Waals surface area (Å²) in [6.07, 6.45) is 1.09. The highest BCUT2D eigenvalue weighted by Gasteiger charge is 2.17. The number of hydrogen-bond donors (Lipinski definition) is 0. The lowest BCUT2D eigenvalue weighted by Gasteiger charge is -2.01. The standard InChI is InChI=1S/C18H14FN5O2/c1-2-26-17(25)9-15-18(24-11-13(19)7-8-16(24)21-15)23-22-14-6-4-3-5-12(14)10-20/h3-8,11H,2,9H2,1H3. The molecule has 0 aliphatic heterocycles. The van der Waals surface area contributed by atoms with Crippen molar-refractivity contribution < 1.29 is 13.9 Å². The Morgan fingerprint density at radius 2 is 2.12 bits per heavy atom. The lowest BCUT2D eigenvalue weighted by atomic mass is 10.2. The van der Waals surface area contributed by atoms with Gasteiger partial charge in [0.15, 0.2) is 5.82 Å². The molecule has 8 heteroatoms. The molecule has 0 spiro atoms. The molecule has 0 radical (unpaired) electrons. The minimum absolute atomic E-state index is 0.120. The van der Waals surface area contributed by atoms with Gasteiger partial charge >= 0.3 is 5.97 Å². The van der Waals surface area contributed by atoms with Crippen LogP contribution in [0, 0.1) is 17.1 Å². The monoisotopic (exact) mass is 351 g/mol. The molecule has 3 aromatic rings. The Morgan fingerprint density at radius 1 is 1.31 bits per heavy atom. The van der Waals surface area contributed by atoms with Crippen LogP contribution in [0.4, 0.5) is 15.9 Å². The highest BCUT2D eigenvalue weighted by atomic mass is 19.1. The predicted octanol–water partition coefficient (Wildman–Crippen LogP) is 3.87. The van der Waals surface area contributed by atoms with Crippen molar-refractivity contribution in [2.24, 2.45) is 10.2 Å². The summed E-state index contributed by atoms with van der Waals surface area (Å²) < 4.78 is 20.0. The van der Waals surface area contributed by atoms with E-state index in [1.165, 1.54) is 22.7 Å². The first-order chi connectivity index (χ1) is 12.6. The summed E-state index contributed by atoms with van der Waals surface area (Å²) in [7, 11) is 0. The second kappa shape index (κ2) is 7.53. The third-order valence-corrected chi connectivity index (χ3v) is 3.52. The Morgan fingerprint density at radius 3 is 2.88 bits per heavy atom. The van der Waals surface area contributed by atoms with E-state index in [0.717, 1.165) is 0 Å². The average Bonchev–Trinajstić information content (AvgIpc) is 2.96. The van der Waals surface area contributed by atoms with Crippen LogP contribution in [0.25, 0.3) is 5.65 Å². The molecule has 0 aliphatic rings. The Kier molecular flexibility index (Phi) is 4.99. The maximum atomic E-state index is 13.6. The number of fused-ring (bicyclic) bond motifs is 1. The van der Waals surface area contributed by atoms with E-state index in [-0.39, 0.29) is 18.8 Å². The zero-order valence-corrected chi connectivity index (χ0v) is 13.9. The number of carbonyl (C=O) groups excluding carboxylic acids is 1. The van der Waals surface area contributed by atoms with Gasteiger partial charge in [0.1, 0.15) is 23.2 Å². The molecule has 1 aromatic carbocycles. The smallest absolute Gasteiger partial charge is 0.312 e. The SMILES string of the molecule is CCOC(=O)Cc1nc2ccc(F)cn2c1N=Nc1ccccc1C#N. The topological polar surface area (TPSA) is 92.1 Å². The molecule has 0 aliphatic carbocycles. The number of nitrogens with zero attached hydrogens (tertiary/aromatic N) is 5. The van der Waals surface area contributed by atoms with Crippen molar-refractivity contribution in [2.45, 2.75) is 13.3 Å². The van der Waals surface area contributed by atoms with E-state index in [4.69, 9.17) is 10.00 Å². The molecule has 2 heterocycles. The van der Waals surface area contributed by atoms with E-state index in [9.17, 15) is 9.18 Å². The predicted molar refractivity (Wildman–Crippen MR) is 90.8 cm³/mol. The minimum atomic E-state index is -0.480. The first-order valence-corrected chi connectivity index (χ1v) is 7.85. The number of hydrogen-bond acceptors (Lipinski definition) is 6. The van der Waals surface area contributed by atoms with Crippen molar-refractivity contribution in [3.8, 4) is 6.07 Å². The van der Waals surface area contributed by atoms with Crippen molar-refractivity contribution in [3.63, 3.8) is 0 Å². The zero-order chi connectivity index (χ0) is 18.5. The molecular formula is C18H14FN5O2. The van der Waals surface area contributed by atoms with Gasteiger partial charge in [0.25, 0.3) is 0 Å². The Labute approximate surface area is 148 Å². The lowest BCUT2D eigenvalue weighted by molar-refractivity contribution is -0.142. The molecular weight excluding hydrogens is 337 g/mol. The molecule has 0 saturated heterocycles. The minimum Gasteiger partial charge on any atom is -0.466 e. The molecule has 0 amide bonds. The quantitative estimate of drug-likeness (QED) is 0.515. The van der Waals surface area contributed by atoms with Crippen LogP contribution in [0.2, 0.25) is 0 Å². The first kappa shape index (κ1) is 17.2. The summed E-state index contributed by atoms with van der Waals surface area (Å²) in [6, 6.07) is 11.5. The van der Waals surface area contributed by atoms with Gasteiger partial charge in [0.2, 0.25) is 0 Å². The fourth-order valence-electron chi connectivity index (χ4n) is 2.38. The Hall–Kier alpha value is -3.60. The summed E-state index contributed by atoms with van der Waals surface area (Å²) in [5.41, 5.74) is 1.45. The second-order valence-corrected chi connectivity index (χ2v) is 5.27. The van der Waals surface area contributed by atoms with Gasteiger partial charge in [-0.05, 0) is 31.2 Å². The highest BCUT2D eigenvalue weighted by Crippen LogP contribution is 2.26. The normalized spacial score (nSPS) is 11.0. The van der Waals surface area contributed by atoms with Crippen LogP contribution >= 0.6 is 0 Å². The van der Waals surface area contributed by atoms with E-state index in [0.29, 0.717) is 22.6 Å². The van der Waals surface area contributed by atoms with Crippen molar-refractivity contribution >= 4 is 23.1 Å². The van der Waals surface area contributed by atoms with Crippen molar-refractivity contribution in [2.75, 3.05) is 6.61 Å². The van der Waals surface area contributed by atoms with Crippen LogP contribution in [0.5, 0.6) is 0 Å². The summed E-state index contributed by atoms with van der Waals surface area (Å²) in [4.78, 5) is 16.1. The Balaban J connectivity index is 2.07. The number of azo groups is 1. The van der Waals surface area contributed by atoms with E-state index >= 15 is 0 Å². The summed E-state index contributed by atoms with van der Waals surface area (Å²) in [6.45, 7) is 1.95. The van der Waals surface area contributed by atoms with E-state index in [2.05, 4.69) is 15.2 Å². The molecule has 2 aromatic heterocycles. The molecule has 0 saturated carbocycles. The van der Waals surface area contributed by atoms with Crippen LogP contribution in [-0.2, 0) is 16.0 Å². The van der Waals surface area contributed by atoms with Gasteiger partial charge in [-0.1, -0.05) is 12.1 Å². The van der Waals surface area contributed by atoms with Crippen LogP contribution in [0.15, 0.2) is 52.8 Å². The number of pyridine rings is 1. The fourth-order valence-corrected chi connectivity index (χ4v) is 2.38. The number of carbonyl (C=O) groups is 1. The van der Waals surface area contributed by atoms with Crippen molar-refractivity contribution in [3.05, 3.63) is 59.7 Å². The number of benzene rings is 1. The van der Waals surface area contributed by atoms with Gasteiger partial charge in [-0.15, -0.1) is 10.2 Å². The van der Waals surface area contributed by atoms with Gasteiger partial charge in [-0.2, -0.15) is 5.26 Å². The van der Waals surface area contributed by atoms with E-state index in [1.807, 2.05) is 6.07 Å². The van der Waals surface area contributed by atoms with Crippen molar-refractivity contribution in [1.82, 2.24) is 9.38 Å². The average molecular weight is 351 g/mol. The molecule has 0 atom stereocenters. The van der Waals surface area contributed by atoms with E-state index in [1.54, 1.807) is 31.2 Å². The van der Waals surface area contributed by atoms with Gasteiger partial charge in [0.05, 0.1) is 24.3 Å².